The van der Waals surface area contributed by atoms with Crippen LogP contribution in [0.2, 0.25) is 0 Å². The smallest absolute Gasteiger partial charge is 0.257 e. The van der Waals surface area contributed by atoms with E-state index in [1.807, 2.05) is 13.8 Å². The lowest BCUT2D eigenvalue weighted by Crippen LogP contribution is -2.31. The number of carbonyl (C=O) groups excluding carboxylic acids is 1. The highest BCUT2D eigenvalue weighted by Gasteiger charge is 2.24. The van der Waals surface area contributed by atoms with Crippen LogP contribution in [0.25, 0.3) is 10.9 Å². The summed E-state index contributed by atoms with van der Waals surface area (Å²) < 4.78 is 25.6. The fourth-order valence-electron chi connectivity index (χ4n) is 3.51. The van der Waals surface area contributed by atoms with Crippen LogP contribution >= 0.6 is 0 Å². The second-order valence-electron chi connectivity index (χ2n) is 6.91. The molecule has 3 heterocycles. The number of halogens is 1. The van der Waals surface area contributed by atoms with E-state index in [0.717, 1.165) is 11.1 Å². The molecule has 0 fully saturated rings. The van der Waals surface area contributed by atoms with Crippen LogP contribution in [0.1, 0.15) is 41.0 Å². The maximum absolute atomic E-state index is 14.8. The highest BCUT2D eigenvalue weighted by Crippen LogP contribution is 2.32. The zero-order valence-corrected chi connectivity index (χ0v) is 16.8. The summed E-state index contributed by atoms with van der Waals surface area (Å²) >= 11 is 0. The minimum atomic E-state index is -0.644. The Morgan fingerprint density at radius 1 is 1.23 bits per heavy atom. The zero-order valence-electron chi connectivity index (χ0n) is 16.8. The molecular weight excluding hydrogens is 389 g/mol. The summed E-state index contributed by atoms with van der Waals surface area (Å²) in [4.78, 5) is 18.9. The third-order valence-corrected chi connectivity index (χ3v) is 5.06. The molecule has 4 rings (SSSR count). The number of ether oxygens (including phenoxy) is 2. The Labute approximate surface area is 172 Å². The first kappa shape index (κ1) is 20.0. The lowest BCUT2D eigenvalue weighted by Gasteiger charge is -2.21. The van der Waals surface area contributed by atoms with Crippen molar-refractivity contribution in [1.82, 2.24) is 20.1 Å². The standard InChI is InChI=1S/C21H22FN5O3/c1-3-27(9-12-5-6-19(26-25-12)30-4-2)21(28)14-7-13-15-10-29-11-16(15)20(23)24-18(13)8-17(14)22/h5-8H,3-4,9-11H2,1-2H3,(H2,23,24). The number of hydrogen-bond donors (Lipinski definition) is 1. The molecule has 0 bridgehead atoms. The topological polar surface area (TPSA) is 103 Å². The van der Waals surface area contributed by atoms with Gasteiger partial charge in [0.2, 0.25) is 5.88 Å². The van der Waals surface area contributed by atoms with Gasteiger partial charge >= 0.3 is 0 Å². The van der Waals surface area contributed by atoms with E-state index in [9.17, 15) is 9.18 Å². The molecule has 0 aliphatic carbocycles. The summed E-state index contributed by atoms with van der Waals surface area (Å²) in [5.41, 5.74) is 8.58. The summed E-state index contributed by atoms with van der Waals surface area (Å²) in [7, 11) is 0. The van der Waals surface area contributed by atoms with E-state index in [1.54, 1.807) is 18.2 Å². The number of fused-ring (bicyclic) bond motifs is 3. The maximum atomic E-state index is 14.8. The van der Waals surface area contributed by atoms with Gasteiger partial charge in [-0.3, -0.25) is 4.79 Å². The summed E-state index contributed by atoms with van der Waals surface area (Å²) in [6.07, 6.45) is 0. The van der Waals surface area contributed by atoms with Crippen molar-refractivity contribution >= 4 is 22.6 Å². The number of pyridine rings is 1. The van der Waals surface area contributed by atoms with Crippen LogP contribution in [0.4, 0.5) is 10.2 Å². The van der Waals surface area contributed by atoms with Crippen LogP contribution in [-0.2, 0) is 24.5 Å². The average Bonchev–Trinajstić information content (AvgIpc) is 3.23. The second kappa shape index (κ2) is 8.19. The van der Waals surface area contributed by atoms with Gasteiger partial charge in [-0.1, -0.05) is 0 Å². The van der Waals surface area contributed by atoms with Crippen molar-refractivity contribution in [3.05, 3.63) is 52.5 Å². The van der Waals surface area contributed by atoms with Gasteiger partial charge in [0, 0.05) is 29.6 Å². The molecule has 1 amide bonds. The Balaban J connectivity index is 1.65. The monoisotopic (exact) mass is 411 g/mol. The number of carbonyl (C=O) groups is 1. The number of nitrogens with zero attached hydrogens (tertiary/aromatic N) is 4. The molecule has 2 aromatic heterocycles. The van der Waals surface area contributed by atoms with E-state index < -0.39 is 11.7 Å². The van der Waals surface area contributed by atoms with Crippen LogP contribution in [0.5, 0.6) is 5.88 Å². The van der Waals surface area contributed by atoms with Crippen molar-refractivity contribution in [1.29, 1.82) is 0 Å². The number of anilines is 1. The Bertz CT molecular complexity index is 1100. The first-order valence-corrected chi connectivity index (χ1v) is 9.74. The van der Waals surface area contributed by atoms with Gasteiger partial charge in [-0.2, -0.15) is 5.10 Å². The van der Waals surface area contributed by atoms with E-state index in [-0.39, 0.29) is 12.1 Å². The molecule has 0 atom stereocenters. The first-order chi connectivity index (χ1) is 14.5. The molecule has 0 saturated heterocycles. The van der Waals surface area contributed by atoms with Crippen LogP contribution in [0.15, 0.2) is 24.3 Å². The summed E-state index contributed by atoms with van der Waals surface area (Å²) in [5, 5.41) is 8.74. The molecular formula is C21H22FN5O3. The molecule has 3 aromatic rings. The van der Waals surface area contributed by atoms with E-state index in [1.165, 1.54) is 11.0 Å². The molecule has 9 heteroatoms. The third-order valence-electron chi connectivity index (χ3n) is 5.06. The summed E-state index contributed by atoms with van der Waals surface area (Å²) in [6.45, 7) is 5.48. The summed E-state index contributed by atoms with van der Waals surface area (Å²) in [6, 6.07) is 6.23. The fraction of sp³-hybridized carbons (Fsp3) is 0.333. The lowest BCUT2D eigenvalue weighted by atomic mass is 10.0. The predicted molar refractivity (Wildman–Crippen MR) is 108 cm³/mol. The maximum Gasteiger partial charge on any atom is 0.257 e. The van der Waals surface area contributed by atoms with Gasteiger partial charge in [-0.15, -0.1) is 5.10 Å². The Kier molecular flexibility index (Phi) is 5.45. The van der Waals surface area contributed by atoms with Gasteiger partial charge in [-0.25, -0.2) is 9.37 Å². The molecule has 2 N–H and O–H groups in total. The van der Waals surface area contributed by atoms with Crippen molar-refractivity contribution in [3.63, 3.8) is 0 Å². The summed E-state index contributed by atoms with van der Waals surface area (Å²) in [5.74, 6) is -0.330. The molecule has 1 aromatic carbocycles. The van der Waals surface area contributed by atoms with Gasteiger partial charge in [-0.05, 0) is 31.5 Å². The number of benzene rings is 1. The minimum Gasteiger partial charge on any atom is -0.477 e. The zero-order chi connectivity index (χ0) is 21.3. The van der Waals surface area contributed by atoms with Crippen molar-refractivity contribution in [3.8, 4) is 5.88 Å². The van der Waals surface area contributed by atoms with Crippen LogP contribution < -0.4 is 10.5 Å². The Hall–Kier alpha value is -3.33. The predicted octanol–water partition coefficient (Wildman–Crippen LogP) is 2.84. The third kappa shape index (κ3) is 3.63. The molecule has 30 heavy (non-hydrogen) atoms. The van der Waals surface area contributed by atoms with Gasteiger partial charge in [0.05, 0.1) is 43.1 Å². The largest absolute Gasteiger partial charge is 0.477 e. The molecule has 156 valence electrons. The van der Waals surface area contributed by atoms with E-state index in [0.29, 0.717) is 54.7 Å². The average molecular weight is 411 g/mol. The number of amides is 1. The lowest BCUT2D eigenvalue weighted by molar-refractivity contribution is 0.0745. The first-order valence-electron chi connectivity index (χ1n) is 9.74. The van der Waals surface area contributed by atoms with Crippen LogP contribution in [-0.4, -0.2) is 39.1 Å². The minimum absolute atomic E-state index is 0.0242. The Morgan fingerprint density at radius 3 is 2.73 bits per heavy atom. The molecule has 0 unspecified atom stereocenters. The number of rotatable bonds is 6. The highest BCUT2D eigenvalue weighted by atomic mass is 19.1. The number of nitrogen functional groups attached to an aromatic ring is 1. The molecule has 0 spiro atoms. The SMILES string of the molecule is CCOc1ccc(CN(CC)C(=O)c2cc3c4c(c(N)nc3cc2F)COC4)nn1. The van der Waals surface area contributed by atoms with Crippen LogP contribution in [0.3, 0.4) is 0 Å². The highest BCUT2D eigenvalue weighted by molar-refractivity contribution is 5.99. The van der Waals surface area contributed by atoms with Crippen molar-refractivity contribution in [2.75, 3.05) is 18.9 Å². The molecule has 0 saturated carbocycles. The second-order valence-corrected chi connectivity index (χ2v) is 6.91. The van der Waals surface area contributed by atoms with Crippen molar-refractivity contribution in [2.45, 2.75) is 33.6 Å². The molecule has 1 aliphatic heterocycles. The van der Waals surface area contributed by atoms with Gasteiger partial charge < -0.3 is 20.1 Å². The molecule has 0 radical (unpaired) electrons. The van der Waals surface area contributed by atoms with Crippen LogP contribution in [0, 0.1) is 5.82 Å². The molecule has 1 aliphatic rings. The molecule has 8 nitrogen and oxygen atoms in total. The van der Waals surface area contributed by atoms with Gasteiger partial charge in [0.15, 0.2) is 0 Å². The van der Waals surface area contributed by atoms with E-state index in [4.69, 9.17) is 15.2 Å². The number of hydrogen-bond acceptors (Lipinski definition) is 7. The fourth-order valence-corrected chi connectivity index (χ4v) is 3.51. The van der Waals surface area contributed by atoms with Crippen molar-refractivity contribution < 1.29 is 18.7 Å². The van der Waals surface area contributed by atoms with E-state index >= 15 is 0 Å². The number of aromatic nitrogens is 3. The Morgan fingerprint density at radius 2 is 2.03 bits per heavy atom. The van der Waals surface area contributed by atoms with Crippen molar-refractivity contribution in [2.24, 2.45) is 0 Å². The van der Waals surface area contributed by atoms with E-state index in [2.05, 4.69) is 15.2 Å². The quantitative estimate of drug-likeness (QED) is 0.665. The van der Waals surface area contributed by atoms with Gasteiger partial charge in [0.1, 0.15) is 11.6 Å². The number of nitrogens with two attached hydrogens (primary N) is 1. The normalized spacial score (nSPS) is 12.8. The van der Waals surface area contributed by atoms with Gasteiger partial charge in [0.25, 0.3) is 5.91 Å².